The van der Waals surface area contributed by atoms with Gasteiger partial charge in [0.2, 0.25) is 0 Å². The molecule has 1 aliphatic carbocycles. The maximum absolute atomic E-state index is 10.1. The summed E-state index contributed by atoms with van der Waals surface area (Å²) in [7, 11) is 0. The number of nitrogens with zero attached hydrogens (tertiary/aromatic N) is 1. The van der Waals surface area contributed by atoms with Crippen LogP contribution in [0.15, 0.2) is 53.7 Å². The second-order valence-corrected chi connectivity index (χ2v) is 6.68. The number of aromatic nitrogens is 1. The first kappa shape index (κ1) is 16.3. The molecule has 0 saturated heterocycles. The summed E-state index contributed by atoms with van der Waals surface area (Å²) in [6.07, 6.45) is 16.0. The van der Waals surface area contributed by atoms with Crippen LogP contribution in [0.25, 0.3) is 0 Å². The fraction of sp³-hybridized carbons (Fsp3) is 0.500. The van der Waals surface area contributed by atoms with E-state index in [2.05, 4.69) is 36.2 Å². The molecule has 0 spiro atoms. The third-order valence-corrected chi connectivity index (χ3v) is 4.98. The minimum absolute atomic E-state index is 0.194. The van der Waals surface area contributed by atoms with Gasteiger partial charge in [0.15, 0.2) is 0 Å². The highest BCUT2D eigenvalue weighted by atomic mass is 32.2. The van der Waals surface area contributed by atoms with E-state index >= 15 is 0 Å². The van der Waals surface area contributed by atoms with Crippen LogP contribution in [0.2, 0.25) is 0 Å². The van der Waals surface area contributed by atoms with Crippen LogP contribution < -0.4 is 0 Å². The van der Waals surface area contributed by atoms with Crippen LogP contribution in [0.5, 0.6) is 0 Å². The Morgan fingerprint density at radius 2 is 2.33 bits per heavy atom. The molecule has 1 heterocycles. The molecule has 0 aliphatic heterocycles. The zero-order valence-corrected chi connectivity index (χ0v) is 13.5. The molecule has 0 radical (unpaired) electrons. The molecule has 0 amide bonds. The molecular formula is C18H25NOS. The Morgan fingerprint density at radius 3 is 3.00 bits per heavy atom. The molecule has 0 fully saturated rings. The van der Waals surface area contributed by atoms with Gasteiger partial charge in [-0.15, -0.1) is 0 Å². The van der Waals surface area contributed by atoms with Crippen LogP contribution in [0.1, 0.15) is 39.0 Å². The summed E-state index contributed by atoms with van der Waals surface area (Å²) in [6, 6.07) is 5.98. The van der Waals surface area contributed by atoms with Gasteiger partial charge in [-0.05, 0) is 31.4 Å². The number of thioether (sulfide) groups is 1. The summed E-state index contributed by atoms with van der Waals surface area (Å²) in [5.41, 5.74) is 0. The van der Waals surface area contributed by atoms with Crippen molar-refractivity contribution < 1.29 is 5.11 Å². The molecule has 0 saturated carbocycles. The molecular weight excluding hydrogens is 278 g/mol. The van der Waals surface area contributed by atoms with Gasteiger partial charge in [-0.1, -0.05) is 61.9 Å². The zero-order valence-electron chi connectivity index (χ0n) is 12.7. The quantitative estimate of drug-likeness (QED) is 0.432. The normalized spacial score (nSPS) is 23.0. The Balaban J connectivity index is 1.98. The molecule has 0 aromatic carbocycles. The molecule has 0 unspecified atom stereocenters. The van der Waals surface area contributed by atoms with E-state index in [1.807, 2.05) is 24.4 Å². The van der Waals surface area contributed by atoms with E-state index < -0.39 is 0 Å². The van der Waals surface area contributed by atoms with Crippen molar-refractivity contribution in [2.24, 2.45) is 5.92 Å². The third-order valence-electron chi connectivity index (χ3n) is 3.75. The Kier molecular flexibility index (Phi) is 7.04. The van der Waals surface area contributed by atoms with Crippen molar-refractivity contribution in [1.82, 2.24) is 4.98 Å². The molecule has 1 aliphatic rings. The van der Waals surface area contributed by atoms with Crippen molar-refractivity contribution >= 4 is 11.8 Å². The van der Waals surface area contributed by atoms with Crippen molar-refractivity contribution in [3.63, 3.8) is 0 Å². The topological polar surface area (TPSA) is 33.1 Å². The van der Waals surface area contributed by atoms with Crippen molar-refractivity contribution in [2.45, 2.75) is 55.4 Å². The molecule has 1 aromatic rings. The first-order valence-electron chi connectivity index (χ1n) is 7.90. The van der Waals surface area contributed by atoms with E-state index in [1.54, 1.807) is 11.8 Å². The number of aliphatic hydroxyl groups excluding tert-OH is 1. The highest BCUT2D eigenvalue weighted by Gasteiger charge is 2.28. The van der Waals surface area contributed by atoms with Gasteiger partial charge in [0, 0.05) is 17.4 Å². The number of rotatable bonds is 8. The maximum atomic E-state index is 10.1. The minimum atomic E-state index is -0.258. The summed E-state index contributed by atoms with van der Waals surface area (Å²) in [6.45, 7) is 2.23. The van der Waals surface area contributed by atoms with Crippen LogP contribution >= 0.6 is 11.8 Å². The lowest BCUT2D eigenvalue weighted by atomic mass is 10.0. The standard InChI is InChI=1S/C18H25NOS/c1-2-3-4-5-6-12-17(15-10-9-11-16(15)20)21-18-13-7-8-14-19-18/h6-10,12-17,20H,2-5,11H2,1H3/b12-6+/t15-,16-,17-/m1/s1. The minimum Gasteiger partial charge on any atom is -0.392 e. The first-order valence-corrected chi connectivity index (χ1v) is 8.78. The van der Waals surface area contributed by atoms with Crippen LogP contribution in [0, 0.1) is 5.92 Å². The highest BCUT2D eigenvalue weighted by Crippen LogP contribution is 2.34. The van der Waals surface area contributed by atoms with Crippen molar-refractivity contribution in [2.75, 3.05) is 0 Å². The molecule has 21 heavy (non-hydrogen) atoms. The average Bonchev–Trinajstić information content (AvgIpc) is 2.93. The molecule has 0 bridgehead atoms. The van der Waals surface area contributed by atoms with Gasteiger partial charge in [0.05, 0.1) is 11.1 Å². The van der Waals surface area contributed by atoms with Crippen LogP contribution in [-0.2, 0) is 0 Å². The van der Waals surface area contributed by atoms with E-state index in [0.29, 0.717) is 0 Å². The Morgan fingerprint density at radius 1 is 1.43 bits per heavy atom. The smallest absolute Gasteiger partial charge is 0.0965 e. The summed E-state index contributed by atoms with van der Waals surface area (Å²) in [4.78, 5) is 4.40. The maximum Gasteiger partial charge on any atom is 0.0965 e. The molecule has 1 aromatic heterocycles. The lowest BCUT2D eigenvalue weighted by Gasteiger charge is -2.22. The van der Waals surface area contributed by atoms with Crippen molar-refractivity contribution in [3.8, 4) is 0 Å². The molecule has 114 valence electrons. The van der Waals surface area contributed by atoms with Gasteiger partial charge >= 0.3 is 0 Å². The number of hydrogen-bond donors (Lipinski definition) is 1. The fourth-order valence-electron chi connectivity index (χ4n) is 2.53. The predicted molar refractivity (Wildman–Crippen MR) is 90.4 cm³/mol. The van der Waals surface area contributed by atoms with Gasteiger partial charge in [0.1, 0.15) is 0 Å². The summed E-state index contributed by atoms with van der Waals surface area (Å²) in [5, 5.41) is 11.4. The van der Waals surface area contributed by atoms with Gasteiger partial charge < -0.3 is 5.11 Å². The van der Waals surface area contributed by atoms with Crippen LogP contribution in [0.4, 0.5) is 0 Å². The van der Waals surface area contributed by atoms with Crippen molar-refractivity contribution in [3.05, 3.63) is 48.7 Å². The Hall–Kier alpha value is -1.06. The van der Waals surface area contributed by atoms with Crippen LogP contribution in [-0.4, -0.2) is 21.4 Å². The largest absolute Gasteiger partial charge is 0.392 e. The van der Waals surface area contributed by atoms with Gasteiger partial charge in [-0.2, -0.15) is 0 Å². The average molecular weight is 303 g/mol. The van der Waals surface area contributed by atoms with Crippen molar-refractivity contribution in [1.29, 1.82) is 0 Å². The number of pyridine rings is 1. The lowest BCUT2D eigenvalue weighted by Crippen LogP contribution is -2.23. The van der Waals surface area contributed by atoms with E-state index in [9.17, 15) is 5.11 Å². The highest BCUT2D eigenvalue weighted by molar-refractivity contribution is 8.00. The lowest BCUT2D eigenvalue weighted by molar-refractivity contribution is 0.146. The van der Waals surface area contributed by atoms with Gasteiger partial charge in [0.25, 0.3) is 0 Å². The number of allylic oxidation sites excluding steroid dienone is 1. The number of aliphatic hydroxyl groups is 1. The molecule has 3 heteroatoms. The summed E-state index contributed by atoms with van der Waals surface area (Å²) >= 11 is 1.74. The molecule has 3 atom stereocenters. The van der Waals surface area contributed by atoms with E-state index in [-0.39, 0.29) is 17.3 Å². The Labute approximate surface area is 132 Å². The fourth-order valence-corrected chi connectivity index (χ4v) is 3.71. The van der Waals surface area contributed by atoms with E-state index in [1.165, 1.54) is 19.3 Å². The number of unbranched alkanes of at least 4 members (excludes halogenated alkanes) is 3. The molecule has 1 N–H and O–H groups in total. The molecule has 2 rings (SSSR count). The Bertz CT molecular complexity index is 458. The molecule has 2 nitrogen and oxygen atoms in total. The van der Waals surface area contributed by atoms with E-state index in [0.717, 1.165) is 17.9 Å². The number of hydrogen-bond acceptors (Lipinski definition) is 3. The van der Waals surface area contributed by atoms with Crippen LogP contribution in [0.3, 0.4) is 0 Å². The zero-order chi connectivity index (χ0) is 14.9. The monoisotopic (exact) mass is 303 g/mol. The first-order chi connectivity index (χ1) is 10.3. The second-order valence-electron chi connectivity index (χ2n) is 5.48. The summed E-state index contributed by atoms with van der Waals surface area (Å²) < 4.78 is 0. The van der Waals surface area contributed by atoms with E-state index in [4.69, 9.17) is 0 Å². The SMILES string of the molecule is CCCCC/C=C/[C@@H](Sc1ccccn1)[C@@H]1C=CC[C@H]1O. The second kappa shape index (κ2) is 9.06. The van der Waals surface area contributed by atoms with Gasteiger partial charge in [-0.25, -0.2) is 4.98 Å². The third kappa shape index (κ3) is 5.33. The van der Waals surface area contributed by atoms with Gasteiger partial charge in [-0.3, -0.25) is 0 Å². The predicted octanol–water partition coefficient (Wildman–Crippen LogP) is 4.62. The summed E-state index contributed by atoms with van der Waals surface area (Å²) in [5.74, 6) is 0.194.